The van der Waals surface area contributed by atoms with Crippen LogP contribution >= 0.6 is 0 Å². The van der Waals surface area contributed by atoms with Crippen LogP contribution in [-0.2, 0) is 11.0 Å². The highest BCUT2D eigenvalue weighted by Crippen LogP contribution is 2.26. The third kappa shape index (κ3) is 4.70. The number of hydrogen-bond donors (Lipinski definition) is 0. The average molecular weight is 373 g/mol. The van der Waals surface area contributed by atoms with Crippen LogP contribution in [0.1, 0.15) is 47.1 Å². The normalized spacial score (nSPS) is 18.9. The zero-order valence-electron chi connectivity index (χ0n) is 16.1. The van der Waals surface area contributed by atoms with E-state index >= 15 is 0 Å². The summed E-state index contributed by atoms with van der Waals surface area (Å²) in [5, 5.41) is 0. The maximum absolute atomic E-state index is 14.4. The van der Waals surface area contributed by atoms with Gasteiger partial charge in [0.25, 0.3) is 0 Å². The molecular weight excluding hydrogens is 347 g/mol. The molecule has 0 saturated carbocycles. The van der Waals surface area contributed by atoms with E-state index in [0.717, 1.165) is 11.3 Å². The van der Waals surface area contributed by atoms with Gasteiger partial charge >= 0.3 is 0 Å². The smallest absolute Gasteiger partial charge is 0.145 e. The second-order valence-electron chi connectivity index (χ2n) is 7.17. The standard InChI is InChI=1S/C21H25FN2OS/c1-7-8-17-10-9-15(2)24(14-17)18-11-12-20(22)19(13-18)16(3)23-26(25)21(4,5)6/h9-15H,1-6H3/t15-,26?/m1/s1. The molecule has 2 atom stereocenters. The number of benzene rings is 1. The van der Waals surface area contributed by atoms with Gasteiger partial charge < -0.3 is 4.90 Å². The molecule has 1 unspecified atom stereocenters. The predicted octanol–water partition coefficient (Wildman–Crippen LogP) is 4.77. The van der Waals surface area contributed by atoms with Gasteiger partial charge in [0.2, 0.25) is 0 Å². The minimum absolute atomic E-state index is 0.122. The Morgan fingerprint density at radius 2 is 2.04 bits per heavy atom. The van der Waals surface area contributed by atoms with E-state index in [9.17, 15) is 8.60 Å². The lowest BCUT2D eigenvalue weighted by molar-refractivity contribution is 0.624. The molecule has 2 rings (SSSR count). The number of hydrogen-bond acceptors (Lipinski definition) is 2. The zero-order chi connectivity index (χ0) is 19.5. The number of nitrogens with zero attached hydrogens (tertiary/aromatic N) is 2. The number of halogens is 1. The van der Waals surface area contributed by atoms with Crippen LogP contribution in [0.3, 0.4) is 0 Å². The van der Waals surface area contributed by atoms with Gasteiger partial charge in [0.05, 0.1) is 10.5 Å². The third-order valence-electron chi connectivity index (χ3n) is 3.92. The number of rotatable bonds is 3. The van der Waals surface area contributed by atoms with Gasteiger partial charge in [0.15, 0.2) is 0 Å². The Bertz CT molecular complexity index is 866. The van der Waals surface area contributed by atoms with Crippen LogP contribution in [0, 0.1) is 17.7 Å². The Balaban J connectivity index is 2.44. The summed E-state index contributed by atoms with van der Waals surface area (Å²) in [5.41, 5.74) is 2.52. The van der Waals surface area contributed by atoms with Crippen molar-refractivity contribution in [1.82, 2.24) is 0 Å². The van der Waals surface area contributed by atoms with Gasteiger partial charge in [0, 0.05) is 29.1 Å². The number of allylic oxidation sites excluding steroid dienone is 2. The van der Waals surface area contributed by atoms with E-state index in [4.69, 9.17) is 0 Å². The molecule has 138 valence electrons. The first kappa shape index (κ1) is 20.1. The molecule has 5 heteroatoms. The van der Waals surface area contributed by atoms with E-state index in [1.54, 1.807) is 26.0 Å². The molecule has 0 amide bonds. The zero-order valence-corrected chi connectivity index (χ0v) is 16.9. The highest BCUT2D eigenvalue weighted by atomic mass is 32.2. The van der Waals surface area contributed by atoms with Crippen LogP contribution in [0.2, 0.25) is 0 Å². The van der Waals surface area contributed by atoms with Crippen molar-refractivity contribution in [3.63, 3.8) is 0 Å². The van der Waals surface area contributed by atoms with Gasteiger partial charge in [0.1, 0.15) is 16.8 Å². The molecule has 0 aliphatic carbocycles. The molecule has 1 aromatic rings. The minimum atomic E-state index is -1.44. The first-order valence-corrected chi connectivity index (χ1v) is 9.62. The Morgan fingerprint density at radius 1 is 1.35 bits per heavy atom. The molecule has 1 aliphatic heterocycles. The Hall–Kier alpha value is -2.19. The molecule has 0 N–H and O–H groups in total. The van der Waals surface area contributed by atoms with E-state index < -0.39 is 15.7 Å². The molecule has 1 aliphatic rings. The van der Waals surface area contributed by atoms with Crippen LogP contribution in [0.4, 0.5) is 10.1 Å². The van der Waals surface area contributed by atoms with Crippen molar-refractivity contribution in [3.05, 3.63) is 53.5 Å². The molecule has 0 fully saturated rings. The minimum Gasteiger partial charge on any atom is -0.340 e. The van der Waals surface area contributed by atoms with Gasteiger partial charge in [-0.05, 0) is 65.8 Å². The second kappa shape index (κ2) is 8.01. The molecule has 0 saturated heterocycles. The fraction of sp³-hybridized carbons (Fsp3) is 0.381. The summed E-state index contributed by atoms with van der Waals surface area (Å²) in [4.78, 5) is 2.04. The Morgan fingerprint density at radius 3 is 2.65 bits per heavy atom. The lowest BCUT2D eigenvalue weighted by atomic mass is 10.1. The lowest BCUT2D eigenvalue weighted by Gasteiger charge is -2.29. The summed E-state index contributed by atoms with van der Waals surface area (Å²) >= 11 is 0. The van der Waals surface area contributed by atoms with Gasteiger partial charge in [-0.25, -0.2) is 8.60 Å². The number of anilines is 1. The van der Waals surface area contributed by atoms with Crippen molar-refractivity contribution in [2.75, 3.05) is 4.90 Å². The molecule has 0 bridgehead atoms. The van der Waals surface area contributed by atoms with Gasteiger partial charge in [-0.2, -0.15) is 4.40 Å². The highest BCUT2D eigenvalue weighted by Gasteiger charge is 2.21. The molecular formula is C21H25FN2OS. The van der Waals surface area contributed by atoms with E-state index in [1.165, 1.54) is 6.07 Å². The SMILES string of the molecule is CC#CC1=CN(c2ccc(F)c(C(C)=NS(=O)C(C)(C)C)c2)[C@H](C)C=C1. The van der Waals surface area contributed by atoms with Crippen molar-refractivity contribution in [2.24, 2.45) is 4.40 Å². The van der Waals surface area contributed by atoms with Gasteiger partial charge in [-0.1, -0.05) is 12.0 Å². The van der Waals surface area contributed by atoms with Gasteiger partial charge in [-0.3, -0.25) is 0 Å². The first-order chi connectivity index (χ1) is 12.1. The molecule has 0 radical (unpaired) electrons. The summed E-state index contributed by atoms with van der Waals surface area (Å²) in [6.07, 6.45) is 6.00. The highest BCUT2D eigenvalue weighted by molar-refractivity contribution is 7.85. The molecule has 0 spiro atoms. The molecule has 3 nitrogen and oxygen atoms in total. The molecule has 1 heterocycles. The fourth-order valence-corrected chi connectivity index (χ4v) is 3.06. The van der Waals surface area contributed by atoms with Gasteiger partial charge in [-0.15, -0.1) is 5.92 Å². The van der Waals surface area contributed by atoms with Crippen LogP contribution in [0.25, 0.3) is 0 Å². The molecule has 1 aromatic carbocycles. The Labute approximate surface area is 158 Å². The quantitative estimate of drug-likeness (QED) is 0.566. The summed E-state index contributed by atoms with van der Waals surface area (Å²) in [6.45, 7) is 11.1. The summed E-state index contributed by atoms with van der Waals surface area (Å²) in [7, 11) is -1.44. The van der Waals surface area contributed by atoms with E-state index in [2.05, 4.69) is 29.2 Å². The summed E-state index contributed by atoms with van der Waals surface area (Å²) in [6, 6.07) is 5.03. The van der Waals surface area contributed by atoms with Crippen molar-refractivity contribution < 1.29 is 8.60 Å². The molecule has 0 aromatic heterocycles. The van der Waals surface area contributed by atoms with Crippen molar-refractivity contribution in [2.45, 2.75) is 52.3 Å². The maximum atomic E-state index is 14.4. The van der Waals surface area contributed by atoms with Crippen molar-refractivity contribution in [1.29, 1.82) is 0 Å². The van der Waals surface area contributed by atoms with Crippen LogP contribution in [-0.4, -0.2) is 20.7 Å². The monoisotopic (exact) mass is 372 g/mol. The second-order valence-corrected chi connectivity index (χ2v) is 9.07. The van der Waals surface area contributed by atoms with Crippen molar-refractivity contribution >= 4 is 22.4 Å². The maximum Gasteiger partial charge on any atom is 0.145 e. The van der Waals surface area contributed by atoms with E-state index in [-0.39, 0.29) is 11.9 Å². The van der Waals surface area contributed by atoms with Crippen LogP contribution in [0.5, 0.6) is 0 Å². The Kier molecular flexibility index (Phi) is 6.20. The molecule has 26 heavy (non-hydrogen) atoms. The average Bonchev–Trinajstić information content (AvgIpc) is 2.56. The van der Waals surface area contributed by atoms with Crippen LogP contribution in [0.15, 0.2) is 46.5 Å². The summed E-state index contributed by atoms with van der Waals surface area (Å²) in [5.74, 6) is 5.55. The third-order valence-corrected chi connectivity index (χ3v) is 5.41. The summed E-state index contributed by atoms with van der Waals surface area (Å²) < 4.78 is 30.4. The van der Waals surface area contributed by atoms with E-state index in [0.29, 0.717) is 11.3 Å². The van der Waals surface area contributed by atoms with Crippen molar-refractivity contribution in [3.8, 4) is 11.8 Å². The van der Waals surface area contributed by atoms with Crippen LogP contribution < -0.4 is 4.90 Å². The predicted molar refractivity (Wildman–Crippen MR) is 109 cm³/mol. The topological polar surface area (TPSA) is 32.7 Å². The first-order valence-electron chi connectivity index (χ1n) is 8.52. The van der Waals surface area contributed by atoms with E-state index in [1.807, 2.05) is 37.9 Å². The lowest BCUT2D eigenvalue weighted by Crippen LogP contribution is -2.28. The largest absolute Gasteiger partial charge is 0.340 e. The fourth-order valence-electron chi connectivity index (χ4n) is 2.44.